The number of nitrogens with zero attached hydrogens (tertiary/aromatic N) is 3. The molecule has 0 saturated carbocycles. The van der Waals surface area contributed by atoms with E-state index in [-0.39, 0.29) is 47.6 Å². The van der Waals surface area contributed by atoms with Gasteiger partial charge in [0, 0.05) is 12.8 Å². The predicted molar refractivity (Wildman–Crippen MR) is 111 cm³/mol. The summed E-state index contributed by atoms with van der Waals surface area (Å²) in [6.45, 7) is 6.55. The zero-order valence-corrected chi connectivity index (χ0v) is 18.6. The number of aromatic nitrogens is 3. The number of esters is 1. The molecule has 172 valence electrons. The van der Waals surface area contributed by atoms with Crippen LogP contribution in [0.2, 0.25) is 0 Å². The molecule has 1 aliphatic heterocycles. The molecule has 1 aliphatic rings. The summed E-state index contributed by atoms with van der Waals surface area (Å²) in [5, 5.41) is 0. The van der Waals surface area contributed by atoms with E-state index < -0.39 is 29.0 Å². The number of anilines is 1. The first kappa shape index (κ1) is 22.0. The van der Waals surface area contributed by atoms with Crippen molar-refractivity contribution in [2.24, 2.45) is 5.92 Å². The van der Waals surface area contributed by atoms with E-state index in [1.54, 1.807) is 6.92 Å². The molecule has 1 fully saturated rings. The van der Waals surface area contributed by atoms with Gasteiger partial charge in [0.1, 0.15) is 4.70 Å². The highest BCUT2D eigenvalue weighted by Crippen LogP contribution is 2.39. The largest absolute Gasteiger partial charge is 0.519 e. The van der Waals surface area contributed by atoms with Crippen molar-refractivity contribution in [1.82, 2.24) is 14.5 Å². The van der Waals surface area contributed by atoms with Crippen LogP contribution >= 0.6 is 11.3 Å². The molecule has 0 aliphatic carbocycles. The molecule has 12 nitrogen and oxygen atoms in total. The second-order valence-corrected chi connectivity index (χ2v) is 8.37. The number of carbonyl (C=O) groups excluding carboxylic acids is 1. The minimum absolute atomic E-state index is 0.0405. The third kappa shape index (κ3) is 3.88. The minimum Gasteiger partial charge on any atom is -0.468 e. The number of hydrogen-bond acceptors (Lipinski definition) is 12. The lowest BCUT2D eigenvalue weighted by Crippen LogP contribution is -2.33. The molecule has 32 heavy (non-hydrogen) atoms. The Morgan fingerprint density at radius 3 is 2.66 bits per heavy atom. The Kier molecular flexibility index (Phi) is 5.77. The average Bonchev–Trinajstić information content (AvgIpc) is 3.32. The van der Waals surface area contributed by atoms with E-state index in [2.05, 4.69) is 9.97 Å². The van der Waals surface area contributed by atoms with Crippen molar-refractivity contribution in [3.8, 4) is 5.88 Å². The number of nitrogens with two attached hydrogens (primary N) is 1. The fourth-order valence-corrected chi connectivity index (χ4v) is 4.65. The molecular weight excluding hydrogens is 444 g/mol. The quantitative estimate of drug-likeness (QED) is 0.527. The fraction of sp³-hybridized carbons (Fsp3) is 0.526. The number of nitrogen functional groups attached to an aromatic ring is 1. The summed E-state index contributed by atoms with van der Waals surface area (Å²) in [6.07, 6.45) is -1.10. The van der Waals surface area contributed by atoms with E-state index in [9.17, 15) is 14.4 Å². The number of aryl methyl sites for hydroxylation is 1. The lowest BCUT2D eigenvalue weighted by molar-refractivity contribution is -0.153. The van der Waals surface area contributed by atoms with Crippen LogP contribution in [-0.4, -0.2) is 32.7 Å². The second kappa shape index (κ2) is 8.39. The topological polar surface area (TPSA) is 162 Å². The Morgan fingerprint density at radius 2 is 2.03 bits per heavy atom. The first-order chi connectivity index (χ1) is 15.2. The summed E-state index contributed by atoms with van der Waals surface area (Å²) in [5.74, 6) is -1.11. The van der Waals surface area contributed by atoms with Crippen molar-refractivity contribution in [2.45, 2.75) is 59.2 Å². The van der Waals surface area contributed by atoms with Crippen LogP contribution in [0.25, 0.3) is 10.3 Å². The van der Waals surface area contributed by atoms with Crippen molar-refractivity contribution in [1.29, 1.82) is 0 Å². The number of fused-ring (bicyclic) bond motifs is 1. The van der Waals surface area contributed by atoms with Gasteiger partial charge in [-0.05, 0) is 13.3 Å². The maximum atomic E-state index is 13.0. The van der Waals surface area contributed by atoms with Crippen LogP contribution in [0.1, 0.15) is 44.9 Å². The molecule has 2 N–H and O–H groups in total. The van der Waals surface area contributed by atoms with Crippen LogP contribution < -0.4 is 21.2 Å². The first-order valence-electron chi connectivity index (χ1n) is 9.93. The highest BCUT2D eigenvalue weighted by Gasteiger charge is 2.46. The van der Waals surface area contributed by atoms with Gasteiger partial charge >= 0.3 is 16.7 Å². The number of thiazole rings is 1. The molecule has 4 rings (SSSR count). The first-order valence-corrected chi connectivity index (χ1v) is 10.7. The van der Waals surface area contributed by atoms with Gasteiger partial charge in [0.05, 0.1) is 6.10 Å². The SMILES string of the molecule is CC[C@H]1O[C@@H](n2c(=O)sc3c(OCc4oc(=O)oc4C)nc(N)nc32)[C@H](OC(C)=O)[C@@H]1C. The Hall–Kier alpha value is -3.19. The van der Waals surface area contributed by atoms with Gasteiger partial charge in [0.2, 0.25) is 11.8 Å². The Balaban J connectivity index is 1.75. The maximum absolute atomic E-state index is 13.0. The Bertz CT molecular complexity index is 1270. The number of ether oxygens (including phenoxy) is 3. The summed E-state index contributed by atoms with van der Waals surface area (Å²) >= 11 is 0.842. The standard InChI is InChI=1S/C19H22N4O8S/c1-5-10-7(2)12(29-9(4)24)16(30-10)23-14-13(32-18(23)25)15(22-17(20)21-14)27-6-11-8(3)28-19(26)31-11/h7,10,12,16H,5-6H2,1-4H3,(H2,20,21,22)/t7-,10-,12-,16-/m1/s1. The normalized spacial score (nSPS) is 23.0. The molecule has 0 aromatic carbocycles. The summed E-state index contributed by atoms with van der Waals surface area (Å²) < 4.78 is 28.6. The monoisotopic (exact) mass is 466 g/mol. The molecule has 1 saturated heterocycles. The molecule has 3 aromatic heterocycles. The van der Waals surface area contributed by atoms with Crippen molar-refractivity contribution < 1.29 is 27.8 Å². The van der Waals surface area contributed by atoms with Gasteiger partial charge in [0.25, 0.3) is 0 Å². The van der Waals surface area contributed by atoms with Crippen molar-refractivity contribution in [3.63, 3.8) is 0 Å². The smallest absolute Gasteiger partial charge is 0.468 e. The molecular formula is C19H22N4O8S. The average molecular weight is 466 g/mol. The van der Waals surface area contributed by atoms with Crippen LogP contribution in [0.5, 0.6) is 5.88 Å². The Labute approximate surface area is 184 Å². The van der Waals surface area contributed by atoms with Gasteiger partial charge in [-0.25, -0.2) is 4.79 Å². The maximum Gasteiger partial charge on any atom is 0.519 e. The minimum atomic E-state index is -0.878. The van der Waals surface area contributed by atoms with Gasteiger partial charge in [-0.1, -0.05) is 25.2 Å². The van der Waals surface area contributed by atoms with Crippen molar-refractivity contribution >= 4 is 33.6 Å². The molecule has 0 bridgehead atoms. The molecule has 0 amide bonds. The third-order valence-electron chi connectivity index (χ3n) is 5.28. The molecule has 0 unspecified atom stereocenters. The van der Waals surface area contributed by atoms with E-state index in [1.165, 1.54) is 11.5 Å². The van der Waals surface area contributed by atoms with E-state index >= 15 is 0 Å². The highest BCUT2D eigenvalue weighted by atomic mass is 32.1. The predicted octanol–water partition coefficient (Wildman–Crippen LogP) is 1.74. The van der Waals surface area contributed by atoms with Crippen LogP contribution in [-0.2, 0) is 20.9 Å². The number of hydrogen-bond donors (Lipinski definition) is 1. The third-order valence-corrected chi connectivity index (χ3v) is 6.22. The molecule has 0 radical (unpaired) electrons. The summed E-state index contributed by atoms with van der Waals surface area (Å²) in [4.78, 5) is 43.8. The van der Waals surface area contributed by atoms with Gasteiger partial charge < -0.3 is 28.8 Å². The van der Waals surface area contributed by atoms with Gasteiger partial charge in [-0.15, -0.1) is 0 Å². The van der Waals surface area contributed by atoms with E-state index in [4.69, 9.17) is 28.8 Å². The van der Waals surface area contributed by atoms with Crippen molar-refractivity contribution in [2.75, 3.05) is 5.73 Å². The van der Waals surface area contributed by atoms with Crippen LogP contribution in [0, 0.1) is 12.8 Å². The van der Waals surface area contributed by atoms with E-state index in [1.807, 2.05) is 13.8 Å². The van der Waals surface area contributed by atoms with E-state index in [0.29, 0.717) is 11.1 Å². The van der Waals surface area contributed by atoms with E-state index in [0.717, 1.165) is 11.3 Å². The lowest BCUT2D eigenvalue weighted by Gasteiger charge is -2.21. The molecule has 0 spiro atoms. The number of rotatable bonds is 6. The summed E-state index contributed by atoms with van der Waals surface area (Å²) in [6, 6.07) is 0. The van der Waals surface area contributed by atoms with Crippen molar-refractivity contribution in [3.05, 3.63) is 31.8 Å². The summed E-state index contributed by atoms with van der Waals surface area (Å²) in [5.41, 5.74) is 6.06. The highest BCUT2D eigenvalue weighted by molar-refractivity contribution is 7.16. The molecule has 3 aromatic rings. The van der Waals surface area contributed by atoms with Gasteiger partial charge in [0.15, 0.2) is 36.1 Å². The second-order valence-electron chi connectivity index (χ2n) is 7.41. The number of carbonyl (C=O) groups is 1. The zero-order chi connectivity index (χ0) is 23.2. The Morgan fingerprint density at radius 1 is 1.28 bits per heavy atom. The molecule has 13 heteroatoms. The molecule has 4 atom stereocenters. The van der Waals surface area contributed by atoms with Gasteiger partial charge in [-0.3, -0.25) is 14.2 Å². The van der Waals surface area contributed by atoms with Crippen LogP contribution in [0.4, 0.5) is 5.95 Å². The lowest BCUT2D eigenvalue weighted by atomic mass is 9.98. The summed E-state index contributed by atoms with van der Waals surface area (Å²) in [7, 11) is 0. The molecule has 4 heterocycles. The van der Waals surface area contributed by atoms with Gasteiger partial charge in [-0.2, -0.15) is 9.97 Å². The van der Waals surface area contributed by atoms with Crippen LogP contribution in [0.15, 0.2) is 18.4 Å². The van der Waals surface area contributed by atoms with Crippen LogP contribution in [0.3, 0.4) is 0 Å². The fourth-order valence-electron chi connectivity index (χ4n) is 3.76. The zero-order valence-electron chi connectivity index (χ0n) is 17.8.